The van der Waals surface area contributed by atoms with Gasteiger partial charge in [0.15, 0.2) is 0 Å². The van der Waals surface area contributed by atoms with Gasteiger partial charge in [0, 0.05) is 6.20 Å². The van der Waals surface area contributed by atoms with Crippen LogP contribution < -0.4 is 10.5 Å². The summed E-state index contributed by atoms with van der Waals surface area (Å²) in [5, 5.41) is 0. The van der Waals surface area contributed by atoms with Gasteiger partial charge in [-0.15, -0.1) is 0 Å². The van der Waals surface area contributed by atoms with Crippen LogP contribution in [0, 0.1) is 0 Å². The van der Waals surface area contributed by atoms with Crippen molar-refractivity contribution in [1.29, 1.82) is 0 Å². The zero-order chi connectivity index (χ0) is 9.52. The van der Waals surface area contributed by atoms with Gasteiger partial charge < -0.3 is 10.5 Å². The van der Waals surface area contributed by atoms with E-state index in [1.54, 1.807) is 19.5 Å². The van der Waals surface area contributed by atoms with E-state index < -0.39 is 0 Å². The quantitative estimate of drug-likeness (QED) is 0.696. The highest BCUT2D eigenvalue weighted by molar-refractivity contribution is 5.29. The lowest BCUT2D eigenvalue weighted by atomic mass is 10.1. The van der Waals surface area contributed by atoms with Gasteiger partial charge in [0.05, 0.1) is 13.3 Å². The topological polar surface area (TPSA) is 48.1 Å². The lowest BCUT2D eigenvalue weighted by molar-refractivity contribution is 0.407. The summed E-state index contributed by atoms with van der Waals surface area (Å²) in [5.74, 6) is 0.875. The molecule has 0 bridgehead atoms. The number of unbranched alkanes of at least 4 members (excludes halogenated alkanes) is 1. The van der Waals surface area contributed by atoms with Crippen LogP contribution >= 0.6 is 0 Å². The Balaban J connectivity index is 2.54. The molecule has 0 fully saturated rings. The average Bonchev–Trinajstić information content (AvgIpc) is 2.19. The summed E-state index contributed by atoms with van der Waals surface area (Å²) in [6.07, 6.45) is 6.73. The van der Waals surface area contributed by atoms with Gasteiger partial charge in [-0.05, 0) is 37.4 Å². The van der Waals surface area contributed by atoms with Crippen molar-refractivity contribution in [1.82, 2.24) is 4.98 Å². The highest BCUT2D eigenvalue weighted by atomic mass is 16.5. The summed E-state index contributed by atoms with van der Waals surface area (Å²) in [4.78, 5) is 3.99. The lowest BCUT2D eigenvalue weighted by Crippen LogP contribution is -2.00. The smallest absolute Gasteiger partial charge is 0.140 e. The Hall–Kier alpha value is -1.09. The summed E-state index contributed by atoms with van der Waals surface area (Å²) >= 11 is 0. The molecule has 0 aliphatic rings. The van der Waals surface area contributed by atoms with Crippen LogP contribution in [0.1, 0.15) is 18.4 Å². The van der Waals surface area contributed by atoms with E-state index in [-0.39, 0.29) is 0 Å². The number of methoxy groups -OCH3 is 1. The molecule has 0 saturated heterocycles. The fourth-order valence-electron chi connectivity index (χ4n) is 1.26. The number of aryl methyl sites for hydroxylation is 1. The Labute approximate surface area is 78.9 Å². The number of hydrogen-bond donors (Lipinski definition) is 1. The highest BCUT2D eigenvalue weighted by Crippen LogP contribution is 2.17. The summed E-state index contributed by atoms with van der Waals surface area (Å²) in [5.41, 5.74) is 6.63. The van der Waals surface area contributed by atoms with Gasteiger partial charge in [0.2, 0.25) is 0 Å². The molecule has 72 valence electrons. The molecule has 0 unspecified atom stereocenters. The van der Waals surface area contributed by atoms with Crippen LogP contribution in [0.5, 0.6) is 5.75 Å². The number of aromatic nitrogens is 1. The molecule has 0 radical (unpaired) electrons. The van der Waals surface area contributed by atoms with Crippen molar-refractivity contribution in [3.05, 3.63) is 24.0 Å². The van der Waals surface area contributed by atoms with E-state index >= 15 is 0 Å². The minimum atomic E-state index is 0.757. The summed E-state index contributed by atoms with van der Waals surface area (Å²) < 4.78 is 5.18. The highest BCUT2D eigenvalue weighted by Gasteiger charge is 2.00. The number of nitrogens with two attached hydrogens (primary N) is 1. The van der Waals surface area contributed by atoms with Crippen molar-refractivity contribution in [3.63, 3.8) is 0 Å². The van der Waals surface area contributed by atoms with Gasteiger partial charge in [0.25, 0.3) is 0 Å². The molecule has 0 spiro atoms. The fourth-order valence-corrected chi connectivity index (χ4v) is 1.26. The van der Waals surface area contributed by atoms with E-state index in [1.807, 2.05) is 6.07 Å². The molecule has 0 atom stereocenters. The maximum atomic E-state index is 5.42. The minimum absolute atomic E-state index is 0.757. The molecule has 0 aliphatic heterocycles. The second kappa shape index (κ2) is 5.54. The lowest BCUT2D eigenvalue weighted by Gasteiger charge is -2.06. The van der Waals surface area contributed by atoms with Crippen LogP contribution in [-0.4, -0.2) is 18.6 Å². The largest absolute Gasteiger partial charge is 0.495 e. The first-order chi connectivity index (χ1) is 6.38. The van der Waals surface area contributed by atoms with Gasteiger partial charge in [-0.2, -0.15) is 0 Å². The summed E-state index contributed by atoms with van der Waals surface area (Å²) in [6.45, 7) is 0.757. The number of nitrogens with zero attached hydrogens (tertiary/aromatic N) is 1. The van der Waals surface area contributed by atoms with Crippen molar-refractivity contribution < 1.29 is 4.74 Å². The number of rotatable bonds is 5. The Morgan fingerprint density at radius 2 is 2.31 bits per heavy atom. The average molecular weight is 180 g/mol. The van der Waals surface area contributed by atoms with Crippen LogP contribution in [-0.2, 0) is 6.42 Å². The van der Waals surface area contributed by atoms with Gasteiger partial charge in [-0.1, -0.05) is 0 Å². The molecule has 13 heavy (non-hydrogen) atoms. The summed E-state index contributed by atoms with van der Waals surface area (Å²) in [6, 6.07) is 2.00. The van der Waals surface area contributed by atoms with Crippen molar-refractivity contribution in [2.24, 2.45) is 5.73 Å². The Bertz CT molecular complexity index is 250. The first-order valence-corrected chi connectivity index (χ1v) is 4.55. The minimum Gasteiger partial charge on any atom is -0.495 e. The third-order valence-electron chi connectivity index (χ3n) is 1.99. The zero-order valence-corrected chi connectivity index (χ0v) is 7.99. The van der Waals surface area contributed by atoms with E-state index in [9.17, 15) is 0 Å². The SMILES string of the molecule is COc1cnccc1CCCCN. The molecule has 3 heteroatoms. The van der Waals surface area contributed by atoms with Gasteiger partial charge in [0.1, 0.15) is 5.75 Å². The second-order valence-corrected chi connectivity index (χ2v) is 2.93. The molecule has 0 aliphatic carbocycles. The Kier molecular flexibility index (Phi) is 4.26. The third kappa shape index (κ3) is 3.03. The van der Waals surface area contributed by atoms with Gasteiger partial charge in [-0.25, -0.2) is 0 Å². The van der Waals surface area contributed by atoms with E-state index in [2.05, 4.69) is 4.98 Å². The normalized spacial score (nSPS) is 10.0. The molecule has 1 aromatic rings. The summed E-state index contributed by atoms with van der Waals surface area (Å²) in [7, 11) is 1.67. The number of hydrogen-bond acceptors (Lipinski definition) is 3. The van der Waals surface area contributed by atoms with Crippen molar-refractivity contribution >= 4 is 0 Å². The van der Waals surface area contributed by atoms with E-state index in [4.69, 9.17) is 10.5 Å². The molecular formula is C10H16N2O. The predicted octanol–water partition coefficient (Wildman–Crippen LogP) is 1.37. The monoisotopic (exact) mass is 180 g/mol. The standard InChI is InChI=1S/C10H16N2O/c1-13-10-8-12-7-5-9(10)4-2-3-6-11/h5,7-8H,2-4,6,11H2,1H3. The van der Waals surface area contributed by atoms with E-state index in [0.29, 0.717) is 0 Å². The van der Waals surface area contributed by atoms with Crippen molar-refractivity contribution in [2.45, 2.75) is 19.3 Å². The molecule has 0 aromatic carbocycles. The van der Waals surface area contributed by atoms with Crippen LogP contribution in [0.4, 0.5) is 0 Å². The van der Waals surface area contributed by atoms with Gasteiger partial charge >= 0.3 is 0 Å². The molecule has 0 saturated carbocycles. The van der Waals surface area contributed by atoms with E-state index in [1.165, 1.54) is 5.56 Å². The van der Waals surface area contributed by atoms with Crippen LogP contribution in [0.3, 0.4) is 0 Å². The van der Waals surface area contributed by atoms with E-state index in [0.717, 1.165) is 31.6 Å². The van der Waals surface area contributed by atoms with Crippen molar-refractivity contribution in [2.75, 3.05) is 13.7 Å². The van der Waals surface area contributed by atoms with Crippen LogP contribution in [0.15, 0.2) is 18.5 Å². The zero-order valence-electron chi connectivity index (χ0n) is 7.99. The first-order valence-electron chi connectivity index (χ1n) is 4.55. The molecule has 1 heterocycles. The molecule has 1 rings (SSSR count). The Morgan fingerprint density at radius 3 is 3.00 bits per heavy atom. The van der Waals surface area contributed by atoms with Gasteiger partial charge in [-0.3, -0.25) is 4.98 Å². The van der Waals surface area contributed by atoms with Crippen molar-refractivity contribution in [3.8, 4) is 5.75 Å². The number of pyridine rings is 1. The molecule has 3 nitrogen and oxygen atoms in total. The molecule has 2 N–H and O–H groups in total. The molecule has 1 aromatic heterocycles. The predicted molar refractivity (Wildman–Crippen MR) is 52.8 cm³/mol. The Morgan fingerprint density at radius 1 is 1.46 bits per heavy atom. The third-order valence-corrected chi connectivity index (χ3v) is 1.99. The molecular weight excluding hydrogens is 164 g/mol. The second-order valence-electron chi connectivity index (χ2n) is 2.93. The molecule has 0 amide bonds. The van der Waals surface area contributed by atoms with Crippen LogP contribution in [0.2, 0.25) is 0 Å². The maximum absolute atomic E-state index is 5.42. The number of ether oxygens (including phenoxy) is 1. The van der Waals surface area contributed by atoms with Crippen LogP contribution in [0.25, 0.3) is 0 Å². The first kappa shape index (κ1) is 9.99. The fraction of sp³-hybridized carbons (Fsp3) is 0.500. The maximum Gasteiger partial charge on any atom is 0.140 e.